The number of carbonyl (C=O) groups excluding carboxylic acids is 1. The molecule has 3 aromatic carbocycles. The summed E-state index contributed by atoms with van der Waals surface area (Å²) in [4.78, 5) is 131. The third kappa shape index (κ3) is 16.6. The number of nitrogens with two attached hydrogens (primary N) is 3. The smallest absolute Gasteiger partial charge is 0.386 e. The summed E-state index contributed by atoms with van der Waals surface area (Å²) in [6.45, 7) is -4.58. The van der Waals surface area contributed by atoms with E-state index < -0.39 is 171 Å². The lowest BCUT2D eigenvalue weighted by molar-refractivity contribution is -0.110. The van der Waals surface area contributed by atoms with Gasteiger partial charge in [0.2, 0.25) is 17.8 Å². The highest BCUT2D eigenvalue weighted by molar-refractivity contribution is 7.48. The fourth-order valence-corrected chi connectivity index (χ4v) is 15.5. The maximum atomic E-state index is 14.3. The van der Waals surface area contributed by atoms with Crippen molar-refractivity contribution >= 4 is 88.9 Å². The number of nitrogens with one attached hydrogen (secondary N) is 4. The summed E-state index contributed by atoms with van der Waals surface area (Å²) in [7, 11) is -21.9. The first-order valence-corrected chi connectivity index (χ1v) is 37.4. The molecule has 0 bridgehead atoms. The minimum absolute atomic E-state index is 0.0910. The first kappa shape index (κ1) is 75.6. The molecule has 3 aliphatic rings. The van der Waals surface area contributed by atoms with E-state index in [0.29, 0.717) is 19.3 Å². The zero-order valence-corrected chi connectivity index (χ0v) is 57.4. The van der Waals surface area contributed by atoms with Crippen molar-refractivity contribution in [2.24, 2.45) is 0 Å². The van der Waals surface area contributed by atoms with Crippen LogP contribution >= 0.6 is 31.3 Å². The van der Waals surface area contributed by atoms with Crippen molar-refractivity contribution in [1.29, 1.82) is 0 Å². The van der Waals surface area contributed by atoms with Crippen molar-refractivity contribution in [1.82, 2.24) is 64.0 Å². The van der Waals surface area contributed by atoms with Gasteiger partial charge >= 0.3 is 31.3 Å². The molecule has 0 saturated carbocycles. The minimum atomic E-state index is -5.77. The summed E-state index contributed by atoms with van der Waals surface area (Å²) in [5.41, 5.74) is 18.2. The zero-order chi connectivity index (χ0) is 73.9. The molecule has 3 fully saturated rings. The minimum Gasteiger partial charge on any atom is -0.386 e. The monoisotopic (exact) mass is 1530 g/mol. The van der Waals surface area contributed by atoms with E-state index in [1.807, 2.05) is 91.0 Å². The maximum absolute atomic E-state index is 14.3. The zero-order valence-electron chi connectivity index (χ0n) is 53.8. The van der Waals surface area contributed by atoms with Gasteiger partial charge in [0.25, 0.3) is 16.7 Å². The van der Waals surface area contributed by atoms with Gasteiger partial charge in [-0.05, 0) is 29.5 Å². The second-order valence-electron chi connectivity index (χ2n) is 23.5. The van der Waals surface area contributed by atoms with Crippen molar-refractivity contribution in [2.75, 3.05) is 56.8 Å². The Hall–Kier alpha value is -8.10. The Labute approximate surface area is 583 Å². The van der Waals surface area contributed by atoms with Gasteiger partial charge in [-0.1, -0.05) is 104 Å². The molecular weight excluding hydrogens is 1460 g/mol. The fraction of sp³-hybridized carbons (Fsp3) is 0.404. The summed E-state index contributed by atoms with van der Waals surface area (Å²) in [5.74, 6) is -1.28. The number of fused-ring (bicyclic) bond motifs is 3. The third-order valence-corrected chi connectivity index (χ3v) is 20.6. The van der Waals surface area contributed by atoms with Gasteiger partial charge < -0.3 is 75.9 Å². The van der Waals surface area contributed by atoms with Gasteiger partial charge in [-0.25, -0.2) is 33.2 Å². The second kappa shape index (κ2) is 31.5. The molecule has 3 saturated heterocycles. The summed E-state index contributed by atoms with van der Waals surface area (Å²) >= 11 is 0. The highest BCUT2D eigenvalue weighted by atomic mass is 31.2. The number of aliphatic hydroxyl groups is 3. The second-order valence-corrected chi connectivity index (χ2v) is 29.1. The molecule has 16 atom stereocenters. The normalized spacial score (nSPS) is 25.3. The molecule has 0 amide bonds. The van der Waals surface area contributed by atoms with Crippen molar-refractivity contribution in [3.05, 3.63) is 158 Å². The number of aromatic nitrogens is 12. The number of hydrogen-bond acceptors (Lipinski definition) is 33. The maximum Gasteiger partial charge on any atom is 0.473 e. The topological polar surface area (TPSA) is 619 Å². The molecule has 6 aromatic heterocycles. The Morgan fingerprint density at radius 1 is 0.481 bits per heavy atom. The number of phosphoric acid groups is 4. The number of aldehydes is 1. The molecule has 0 spiro atoms. The Bertz CT molecular complexity index is 4810. The molecule has 47 heteroatoms. The Balaban J connectivity index is 0.721. The molecule has 9 aromatic rings. The molecule has 104 heavy (non-hydrogen) atoms. The van der Waals surface area contributed by atoms with E-state index in [2.05, 4.69) is 54.9 Å². The van der Waals surface area contributed by atoms with Gasteiger partial charge in [-0.3, -0.25) is 79.2 Å². The molecule has 0 radical (unpaired) electrons. The molecule has 4 unspecified atom stereocenters. The lowest BCUT2D eigenvalue weighted by Gasteiger charge is -2.36. The number of hydroxylamine groups is 1. The first-order chi connectivity index (χ1) is 49.6. The van der Waals surface area contributed by atoms with Crippen LogP contribution < -0.4 is 39.4 Å². The summed E-state index contributed by atoms with van der Waals surface area (Å²) in [6.07, 6.45) is -19.1. The van der Waals surface area contributed by atoms with Crippen molar-refractivity contribution in [3.8, 4) is 0 Å². The van der Waals surface area contributed by atoms with Crippen molar-refractivity contribution in [3.63, 3.8) is 0 Å². The van der Waals surface area contributed by atoms with Crippen LogP contribution in [0.25, 0.3) is 33.5 Å². The summed E-state index contributed by atoms with van der Waals surface area (Å²) in [5, 5.41) is 35.4. The predicted octanol–water partition coefficient (Wildman–Crippen LogP) is 0.820. The van der Waals surface area contributed by atoms with E-state index in [-0.39, 0.29) is 59.4 Å². The molecule has 9 heterocycles. The van der Waals surface area contributed by atoms with Crippen LogP contribution in [0.15, 0.2) is 124 Å². The number of phosphoric ester groups is 4. The van der Waals surface area contributed by atoms with Gasteiger partial charge in [0.1, 0.15) is 73.4 Å². The number of hydrogen-bond donors (Lipinski definition) is 14. The van der Waals surface area contributed by atoms with Crippen LogP contribution in [0.3, 0.4) is 0 Å². The molecule has 12 rings (SSSR count). The Kier molecular flexibility index (Phi) is 22.9. The van der Waals surface area contributed by atoms with Gasteiger partial charge in [-0.2, -0.15) is 20.4 Å². The molecule has 43 nitrogen and oxygen atoms in total. The van der Waals surface area contributed by atoms with Gasteiger partial charge in [0, 0.05) is 0 Å². The number of ether oxygens (including phenoxy) is 3. The van der Waals surface area contributed by atoms with Crippen LogP contribution in [0.1, 0.15) is 61.1 Å². The molecular formula is C57H68N16O27P4. The molecule has 17 N–H and O–H groups in total. The van der Waals surface area contributed by atoms with E-state index in [9.17, 15) is 72.3 Å². The van der Waals surface area contributed by atoms with Crippen LogP contribution in [-0.4, -0.2) is 194 Å². The Morgan fingerprint density at radius 3 is 1.15 bits per heavy atom. The number of rotatable bonds is 34. The number of benzene rings is 3. The SMILES string of the molecule is Nc1nc2c(ncn2[C@@H]2O[C@H](COP(=O)(O)OCCCCCCONC(c3ccccc3)(c3ccccc3)c3ccccc3)[C@@H](OP(=O)(O)OC[C@H]3O[C@@H](n4cnc5c(=O)[nH]c(N)nc54)[C@H](O)[C@@H]3OP(=O)(O)OC[C@H]3O[C@@H](n4cnc5c(=O)[nH]c(N)nc54)[C@H](O)[C@@H]3OP(=O)(O)OCC=O)[C@H]2O)c(=O)[nH]1. The lowest BCUT2D eigenvalue weighted by atomic mass is 9.78. The number of anilines is 3. The first-order valence-electron chi connectivity index (χ1n) is 31.4. The standard InChI is InChI=1S/C57H68N16O27P4/c58-54-64-45-36(48(78)67-54)61-27-71(45)51-39(75)42(98-102(83,84)91-23-20-74)34(96-51)25-93-104(87,88)100-44-35(97-53(41(44)77)73-29-63-38-47(73)66-56(60)69-50(38)80)26-94-103(85,86)99-43-33(95-52(40(43)76)72-28-62-37-46(72)65-55(59)68-49(37)79)24-92-101(81,82)90-22-13-2-1-12-21-89-70-57(30-14-6-3-7-15-30,31-16-8-4-9-17-31)32-18-10-5-11-19-32/h3-11,14-20,27-29,33-35,39-44,51-53,70,75-77H,1-2,12-13,21-26H2,(H,81,82)(H,83,84)(H,85,86)(H,87,88)(H3,58,64,67,78)(H3,59,65,68,79)(H3,60,66,69,80)/t33-,34-,35-,39-,40-,41-,42-,43-,44-,51-,52-,53-/m1/s1. The van der Waals surface area contributed by atoms with Gasteiger partial charge in [0.15, 0.2) is 52.2 Å². The van der Waals surface area contributed by atoms with Crippen LogP contribution in [0.4, 0.5) is 17.8 Å². The summed E-state index contributed by atoms with van der Waals surface area (Å²) in [6, 6.07) is 29.5. The lowest BCUT2D eigenvalue weighted by Crippen LogP contribution is -2.44. The quantitative estimate of drug-likeness (QED) is 0.00873. The van der Waals surface area contributed by atoms with Crippen LogP contribution in [0.2, 0.25) is 0 Å². The summed E-state index contributed by atoms with van der Waals surface area (Å²) < 4.78 is 118. The van der Waals surface area contributed by atoms with Gasteiger partial charge in [-0.15, -0.1) is 0 Å². The number of unbranched alkanes of at least 4 members (excludes halogenated alkanes) is 3. The highest BCUT2D eigenvalue weighted by Gasteiger charge is 2.55. The molecule has 3 aliphatic heterocycles. The van der Waals surface area contributed by atoms with E-state index in [0.717, 1.165) is 49.4 Å². The number of H-pyrrole nitrogens is 3. The predicted molar refractivity (Wildman–Crippen MR) is 354 cm³/mol. The average Bonchev–Trinajstić information content (AvgIpc) is 1.57. The number of nitrogen functional groups attached to an aromatic ring is 3. The van der Waals surface area contributed by atoms with E-state index in [4.69, 9.17) is 67.9 Å². The van der Waals surface area contributed by atoms with Gasteiger partial charge in [0.05, 0.1) is 52.0 Å². The van der Waals surface area contributed by atoms with E-state index in [1.54, 1.807) is 0 Å². The molecule has 0 aliphatic carbocycles. The number of imidazole rings is 3. The molecule has 558 valence electrons. The average molecular weight is 1530 g/mol. The number of carbonyl (C=O) groups is 1. The van der Waals surface area contributed by atoms with Crippen LogP contribution in [0, 0.1) is 0 Å². The van der Waals surface area contributed by atoms with Crippen LogP contribution in [0.5, 0.6) is 0 Å². The fourth-order valence-electron chi connectivity index (χ4n) is 12.0. The largest absolute Gasteiger partial charge is 0.473 e. The number of nitrogens with zero attached hydrogens (tertiary/aromatic N) is 9. The van der Waals surface area contributed by atoms with Crippen molar-refractivity contribution in [2.45, 2.75) is 105 Å². The third-order valence-electron chi connectivity index (χ3n) is 16.6. The van der Waals surface area contributed by atoms with E-state index >= 15 is 0 Å². The van der Waals surface area contributed by atoms with Crippen molar-refractivity contribution < 1.29 is 113 Å². The Morgan fingerprint density at radius 2 is 0.808 bits per heavy atom. The number of aliphatic hydroxyl groups excluding tert-OH is 3. The van der Waals surface area contributed by atoms with E-state index in [1.165, 1.54) is 0 Å². The number of aromatic amines is 3. The highest BCUT2D eigenvalue weighted by Crippen LogP contribution is 2.55. The van der Waals surface area contributed by atoms with Crippen LogP contribution in [-0.2, 0) is 83.8 Å².